The second-order valence-electron chi connectivity index (χ2n) is 10.1. The van der Waals surface area contributed by atoms with Crippen molar-refractivity contribution in [1.82, 2.24) is 10.2 Å². The lowest BCUT2D eigenvalue weighted by atomic mass is 9.69. The number of nitrogens with one attached hydrogen (secondary N) is 1. The van der Waals surface area contributed by atoms with E-state index in [2.05, 4.69) is 26.1 Å². The molecule has 30 heavy (non-hydrogen) atoms. The molecule has 0 radical (unpaired) electrons. The minimum absolute atomic E-state index is 0.0267. The Labute approximate surface area is 184 Å². The van der Waals surface area contributed by atoms with E-state index in [0.717, 1.165) is 6.42 Å². The van der Waals surface area contributed by atoms with Gasteiger partial charge in [-0.15, -0.1) is 0 Å². The molecule has 4 rings (SSSR count). The molecule has 6 heteroatoms. The first-order valence-electron chi connectivity index (χ1n) is 11.1. The highest BCUT2D eigenvalue weighted by molar-refractivity contribution is 6.31. The Morgan fingerprint density at radius 2 is 1.87 bits per heavy atom. The van der Waals surface area contributed by atoms with Crippen LogP contribution in [0.25, 0.3) is 0 Å². The van der Waals surface area contributed by atoms with Crippen LogP contribution in [-0.4, -0.2) is 43.0 Å². The van der Waals surface area contributed by atoms with Crippen molar-refractivity contribution in [2.75, 3.05) is 20.2 Å². The predicted molar refractivity (Wildman–Crippen MR) is 118 cm³/mol. The first kappa shape index (κ1) is 21.5. The van der Waals surface area contributed by atoms with E-state index in [-0.39, 0.29) is 34.6 Å². The summed E-state index contributed by atoms with van der Waals surface area (Å²) in [4.78, 5) is 27.8. The fourth-order valence-electron chi connectivity index (χ4n) is 6.07. The van der Waals surface area contributed by atoms with Crippen LogP contribution in [-0.2, 0) is 4.79 Å². The summed E-state index contributed by atoms with van der Waals surface area (Å²) in [5, 5.41) is 3.91. The summed E-state index contributed by atoms with van der Waals surface area (Å²) < 4.78 is 5.33. The number of carbonyl (C=O) groups is 2. The maximum absolute atomic E-state index is 13.0. The first-order chi connectivity index (χ1) is 14.2. The molecular formula is C24H33ClN2O3. The molecule has 1 saturated heterocycles. The van der Waals surface area contributed by atoms with Crippen LogP contribution >= 0.6 is 11.6 Å². The maximum atomic E-state index is 13.0. The molecule has 3 aliphatic rings. The zero-order valence-corrected chi connectivity index (χ0v) is 19.2. The van der Waals surface area contributed by atoms with Crippen LogP contribution in [0.15, 0.2) is 18.2 Å². The molecule has 3 atom stereocenters. The van der Waals surface area contributed by atoms with Crippen LogP contribution in [0.3, 0.4) is 0 Å². The molecule has 2 bridgehead atoms. The van der Waals surface area contributed by atoms with Gasteiger partial charge in [0.2, 0.25) is 5.91 Å². The fraction of sp³-hybridized carbons (Fsp3) is 0.667. The summed E-state index contributed by atoms with van der Waals surface area (Å²) >= 11 is 6.08. The zero-order valence-electron chi connectivity index (χ0n) is 18.5. The summed E-state index contributed by atoms with van der Waals surface area (Å²) in [6, 6.07) is 5.35. The van der Waals surface area contributed by atoms with Gasteiger partial charge in [-0.05, 0) is 67.1 Å². The molecule has 1 aliphatic heterocycles. The molecule has 1 N–H and O–H groups in total. The number of amides is 2. The first-order valence-corrected chi connectivity index (χ1v) is 11.5. The molecular weight excluding hydrogens is 400 g/mol. The highest BCUT2D eigenvalue weighted by Crippen LogP contribution is 2.65. The molecule has 164 valence electrons. The van der Waals surface area contributed by atoms with Gasteiger partial charge in [-0.2, -0.15) is 0 Å². The minimum atomic E-state index is -0.0874. The normalized spacial score (nSPS) is 30.4. The zero-order chi connectivity index (χ0) is 21.7. The van der Waals surface area contributed by atoms with Gasteiger partial charge in [0, 0.05) is 30.1 Å². The summed E-state index contributed by atoms with van der Waals surface area (Å²) in [6.07, 6.45) is 4.96. The van der Waals surface area contributed by atoms with E-state index in [1.807, 2.05) is 0 Å². The molecule has 1 aromatic rings. The highest BCUT2D eigenvalue weighted by atomic mass is 35.5. The number of rotatable bonds is 4. The Balaban J connectivity index is 1.36. The number of nitrogens with zero attached hydrogens (tertiary/aromatic N) is 1. The van der Waals surface area contributed by atoms with Crippen LogP contribution in [0.1, 0.15) is 63.2 Å². The number of piperidine rings is 1. The largest absolute Gasteiger partial charge is 0.496 e. The number of likely N-dealkylation sites (tertiary alicyclic amines) is 1. The molecule has 2 amide bonds. The number of fused-ring (bicyclic) bond motifs is 2. The van der Waals surface area contributed by atoms with Crippen molar-refractivity contribution in [2.45, 2.75) is 58.9 Å². The van der Waals surface area contributed by atoms with Crippen molar-refractivity contribution < 1.29 is 14.3 Å². The lowest BCUT2D eigenvalue weighted by Crippen LogP contribution is -2.50. The van der Waals surface area contributed by atoms with Gasteiger partial charge in [-0.3, -0.25) is 9.59 Å². The van der Waals surface area contributed by atoms with Gasteiger partial charge in [0.25, 0.3) is 5.91 Å². The van der Waals surface area contributed by atoms with Crippen molar-refractivity contribution >= 4 is 23.4 Å². The third-order valence-corrected chi connectivity index (χ3v) is 8.89. The summed E-state index contributed by atoms with van der Waals surface area (Å²) in [5.74, 6) is 1.28. The Morgan fingerprint density at radius 3 is 2.43 bits per heavy atom. The summed E-state index contributed by atoms with van der Waals surface area (Å²) in [7, 11) is 1.55. The topological polar surface area (TPSA) is 58.6 Å². The molecule has 0 spiro atoms. The summed E-state index contributed by atoms with van der Waals surface area (Å²) in [5.41, 5.74) is 0.953. The van der Waals surface area contributed by atoms with E-state index in [1.165, 1.54) is 12.8 Å². The van der Waals surface area contributed by atoms with Gasteiger partial charge in [0.05, 0.1) is 12.7 Å². The van der Waals surface area contributed by atoms with Gasteiger partial charge >= 0.3 is 0 Å². The van der Waals surface area contributed by atoms with Gasteiger partial charge in [-0.1, -0.05) is 32.4 Å². The second kappa shape index (κ2) is 7.74. The van der Waals surface area contributed by atoms with Crippen molar-refractivity contribution in [2.24, 2.45) is 22.7 Å². The highest BCUT2D eigenvalue weighted by Gasteiger charge is 2.61. The van der Waals surface area contributed by atoms with E-state index in [0.29, 0.717) is 48.2 Å². The van der Waals surface area contributed by atoms with Crippen molar-refractivity contribution in [3.05, 3.63) is 28.8 Å². The van der Waals surface area contributed by atoms with E-state index < -0.39 is 0 Å². The van der Waals surface area contributed by atoms with Gasteiger partial charge in [0.15, 0.2) is 0 Å². The molecule has 2 aliphatic carbocycles. The van der Waals surface area contributed by atoms with Crippen LogP contribution < -0.4 is 10.1 Å². The van der Waals surface area contributed by atoms with Gasteiger partial charge < -0.3 is 15.0 Å². The number of hydrogen-bond donors (Lipinski definition) is 1. The molecule has 1 heterocycles. The Bertz CT molecular complexity index is 847. The maximum Gasteiger partial charge on any atom is 0.257 e. The molecule has 3 unspecified atom stereocenters. The van der Waals surface area contributed by atoms with Crippen molar-refractivity contribution in [3.8, 4) is 5.75 Å². The lowest BCUT2D eigenvalue weighted by molar-refractivity contribution is -0.128. The number of ether oxygens (including phenoxy) is 1. The number of methoxy groups -OCH3 is 1. The average Bonchev–Trinajstić information content (AvgIpc) is 3.07. The summed E-state index contributed by atoms with van der Waals surface area (Å²) in [6.45, 7) is 8.23. The van der Waals surface area contributed by atoms with Gasteiger partial charge in [0.1, 0.15) is 5.75 Å². The fourth-order valence-corrected chi connectivity index (χ4v) is 6.25. The predicted octanol–water partition coefficient (Wildman–Crippen LogP) is 4.53. The number of halogens is 1. The van der Waals surface area contributed by atoms with E-state index in [4.69, 9.17) is 16.3 Å². The SMILES string of the molecule is COc1ccc(Cl)cc1C(=O)N1CCC(C(=O)NC2CC3CCC2(C)C3(C)C)CC1. The molecule has 0 aromatic heterocycles. The molecule has 1 aromatic carbocycles. The van der Waals surface area contributed by atoms with Crippen LogP contribution in [0.5, 0.6) is 5.75 Å². The van der Waals surface area contributed by atoms with Crippen molar-refractivity contribution in [1.29, 1.82) is 0 Å². The van der Waals surface area contributed by atoms with Gasteiger partial charge in [-0.25, -0.2) is 0 Å². The van der Waals surface area contributed by atoms with E-state index in [9.17, 15) is 9.59 Å². The monoisotopic (exact) mass is 432 g/mol. The lowest BCUT2D eigenvalue weighted by Gasteiger charge is -2.40. The van der Waals surface area contributed by atoms with Crippen LogP contribution in [0, 0.1) is 22.7 Å². The Hall–Kier alpha value is -1.75. The third kappa shape index (κ3) is 3.39. The Kier molecular flexibility index (Phi) is 5.54. The number of carbonyl (C=O) groups excluding carboxylic acids is 2. The number of hydrogen-bond acceptors (Lipinski definition) is 3. The third-order valence-electron chi connectivity index (χ3n) is 8.66. The minimum Gasteiger partial charge on any atom is -0.496 e. The van der Waals surface area contributed by atoms with Crippen LogP contribution in [0.2, 0.25) is 5.02 Å². The molecule has 3 fully saturated rings. The van der Waals surface area contributed by atoms with E-state index >= 15 is 0 Å². The standard InChI is InChI=1S/C24H33ClN2O3/c1-23(2)16-7-10-24(23,3)20(13-16)26-21(28)15-8-11-27(12-9-15)22(29)18-14-17(25)5-6-19(18)30-4/h5-6,14-16,20H,7-13H2,1-4H3,(H,26,28). The van der Waals surface area contributed by atoms with E-state index in [1.54, 1.807) is 30.2 Å². The number of benzene rings is 1. The van der Waals surface area contributed by atoms with Crippen LogP contribution in [0.4, 0.5) is 0 Å². The smallest absolute Gasteiger partial charge is 0.257 e. The molecule has 2 saturated carbocycles. The quantitative estimate of drug-likeness (QED) is 0.760. The second-order valence-corrected chi connectivity index (χ2v) is 10.5. The Morgan fingerprint density at radius 1 is 1.17 bits per heavy atom. The molecule has 5 nitrogen and oxygen atoms in total. The average molecular weight is 433 g/mol. The van der Waals surface area contributed by atoms with Crippen molar-refractivity contribution in [3.63, 3.8) is 0 Å².